The molecule has 2 aromatic carbocycles. The van der Waals surface area contributed by atoms with Crippen molar-refractivity contribution < 1.29 is 19.1 Å². The zero-order valence-electron chi connectivity index (χ0n) is 14.9. The van der Waals surface area contributed by atoms with E-state index < -0.39 is 0 Å². The number of amides is 1. The average molecular weight is 377 g/mol. The number of Topliss-reactive ketones (excluding diaryl/α,β-unsaturated/α-hetero) is 1. The van der Waals surface area contributed by atoms with Crippen LogP contribution in [-0.4, -0.2) is 32.5 Å². The van der Waals surface area contributed by atoms with Gasteiger partial charge in [-0.15, -0.1) is 0 Å². The molecule has 0 fully saturated rings. The van der Waals surface area contributed by atoms with Crippen LogP contribution in [0.25, 0.3) is 0 Å². The maximum Gasteiger partial charge on any atom is 0.226 e. The lowest BCUT2D eigenvalue weighted by Crippen LogP contribution is -2.16. The fourth-order valence-electron chi connectivity index (χ4n) is 2.35. The molecule has 0 atom stereocenters. The monoisotopic (exact) mass is 376 g/mol. The van der Waals surface area contributed by atoms with E-state index in [4.69, 9.17) is 21.1 Å². The Balaban J connectivity index is 1.94. The average Bonchev–Trinajstić information content (AvgIpc) is 2.62. The fourth-order valence-corrected chi connectivity index (χ4v) is 2.58. The Hall–Kier alpha value is -2.73. The Morgan fingerprint density at radius 1 is 1.08 bits per heavy atom. The normalized spacial score (nSPS) is 10.2. The van der Waals surface area contributed by atoms with E-state index in [2.05, 4.69) is 10.6 Å². The largest absolute Gasteiger partial charge is 0.495 e. The summed E-state index contributed by atoms with van der Waals surface area (Å²) in [4.78, 5) is 23.5. The van der Waals surface area contributed by atoms with Crippen molar-refractivity contribution in [3.05, 3.63) is 47.0 Å². The minimum Gasteiger partial charge on any atom is -0.495 e. The molecule has 0 bridgehead atoms. The molecule has 26 heavy (non-hydrogen) atoms. The minimum absolute atomic E-state index is 0.0495. The topological polar surface area (TPSA) is 76.7 Å². The molecule has 138 valence electrons. The van der Waals surface area contributed by atoms with Crippen molar-refractivity contribution in [1.29, 1.82) is 0 Å². The van der Waals surface area contributed by atoms with Gasteiger partial charge in [0.05, 0.1) is 24.9 Å². The highest BCUT2D eigenvalue weighted by atomic mass is 35.5. The molecule has 2 aromatic rings. The predicted octanol–water partition coefficient (Wildman–Crippen LogP) is 4.00. The molecular formula is C19H21ClN2O4. The second kappa shape index (κ2) is 9.10. The third-order valence-corrected chi connectivity index (χ3v) is 3.99. The Labute approximate surface area is 157 Å². The molecule has 0 saturated heterocycles. The number of rotatable bonds is 8. The molecule has 0 spiro atoms. The van der Waals surface area contributed by atoms with E-state index >= 15 is 0 Å². The molecule has 0 aromatic heterocycles. The first kappa shape index (κ1) is 19.6. The van der Waals surface area contributed by atoms with Gasteiger partial charge in [0.25, 0.3) is 0 Å². The van der Waals surface area contributed by atoms with Crippen LogP contribution < -0.4 is 20.1 Å². The summed E-state index contributed by atoms with van der Waals surface area (Å²) in [7, 11) is 3.07. The number of hydrogen-bond donors (Lipinski definition) is 2. The molecular weight excluding hydrogens is 356 g/mol. The number of methoxy groups -OCH3 is 2. The van der Waals surface area contributed by atoms with Crippen molar-refractivity contribution in [3.8, 4) is 11.5 Å². The summed E-state index contributed by atoms with van der Waals surface area (Å²) < 4.78 is 10.5. The van der Waals surface area contributed by atoms with Gasteiger partial charge in [0.2, 0.25) is 5.91 Å². The summed E-state index contributed by atoms with van der Waals surface area (Å²) in [5.74, 6) is 0.857. The number of halogens is 1. The summed E-state index contributed by atoms with van der Waals surface area (Å²) in [5, 5.41) is 6.35. The Morgan fingerprint density at radius 3 is 2.46 bits per heavy atom. The van der Waals surface area contributed by atoms with Gasteiger partial charge in [0.1, 0.15) is 11.5 Å². The number of carbonyl (C=O) groups is 2. The Morgan fingerprint density at radius 2 is 1.81 bits per heavy atom. The molecule has 0 unspecified atom stereocenters. The minimum atomic E-state index is -0.168. The van der Waals surface area contributed by atoms with Gasteiger partial charge in [-0.2, -0.15) is 0 Å². The van der Waals surface area contributed by atoms with Gasteiger partial charge in [0.15, 0.2) is 5.78 Å². The second-order valence-electron chi connectivity index (χ2n) is 5.55. The third kappa shape index (κ3) is 5.13. The van der Waals surface area contributed by atoms with Crippen molar-refractivity contribution in [2.24, 2.45) is 0 Å². The Bertz CT molecular complexity index is 808. The predicted molar refractivity (Wildman–Crippen MR) is 103 cm³/mol. The lowest BCUT2D eigenvalue weighted by molar-refractivity contribution is -0.115. The quantitative estimate of drug-likeness (QED) is 0.681. The van der Waals surface area contributed by atoms with Gasteiger partial charge in [-0.05, 0) is 19.1 Å². The summed E-state index contributed by atoms with van der Waals surface area (Å²) in [6, 6.07) is 10.2. The molecule has 0 aliphatic heterocycles. The first-order valence-corrected chi connectivity index (χ1v) is 8.38. The third-order valence-electron chi connectivity index (χ3n) is 3.69. The molecule has 0 heterocycles. The standard InChI is InChI=1S/C19H21ClN2O4/c1-12(23)13-5-4-6-14(9-13)22-19(24)7-8-21-16-11-17(25-2)15(20)10-18(16)26-3/h4-6,9-11,21H,7-8H2,1-3H3,(H,22,24). The molecule has 0 aliphatic rings. The van der Waals surface area contributed by atoms with Crippen LogP contribution in [0.1, 0.15) is 23.7 Å². The number of hydrogen-bond acceptors (Lipinski definition) is 5. The highest BCUT2D eigenvalue weighted by Crippen LogP contribution is 2.35. The molecule has 0 saturated carbocycles. The molecule has 0 aliphatic carbocycles. The van der Waals surface area contributed by atoms with Gasteiger partial charge in [-0.1, -0.05) is 23.7 Å². The smallest absolute Gasteiger partial charge is 0.226 e. The van der Waals surface area contributed by atoms with Gasteiger partial charge in [0, 0.05) is 36.3 Å². The lowest BCUT2D eigenvalue weighted by atomic mass is 10.1. The number of carbonyl (C=O) groups excluding carboxylic acids is 2. The van der Waals surface area contributed by atoms with E-state index in [-0.39, 0.29) is 18.1 Å². The van der Waals surface area contributed by atoms with E-state index in [1.54, 1.807) is 36.4 Å². The van der Waals surface area contributed by atoms with Crippen molar-refractivity contribution in [3.63, 3.8) is 0 Å². The van der Waals surface area contributed by atoms with Crippen LogP contribution in [0.15, 0.2) is 36.4 Å². The first-order valence-electron chi connectivity index (χ1n) is 8.01. The molecule has 1 amide bonds. The number of benzene rings is 2. The lowest BCUT2D eigenvalue weighted by Gasteiger charge is -2.14. The molecule has 7 heteroatoms. The van der Waals surface area contributed by atoms with Crippen molar-refractivity contribution >= 4 is 34.7 Å². The van der Waals surface area contributed by atoms with E-state index in [9.17, 15) is 9.59 Å². The van der Waals surface area contributed by atoms with Crippen molar-refractivity contribution in [1.82, 2.24) is 0 Å². The van der Waals surface area contributed by atoms with Crippen LogP contribution >= 0.6 is 11.6 Å². The zero-order chi connectivity index (χ0) is 19.1. The number of ether oxygens (including phenoxy) is 2. The second-order valence-corrected chi connectivity index (χ2v) is 5.96. The van der Waals surface area contributed by atoms with Crippen molar-refractivity contribution in [2.45, 2.75) is 13.3 Å². The van der Waals surface area contributed by atoms with Crippen LogP contribution in [0.2, 0.25) is 5.02 Å². The van der Waals surface area contributed by atoms with E-state index in [1.165, 1.54) is 21.1 Å². The molecule has 2 N–H and O–H groups in total. The highest BCUT2D eigenvalue weighted by molar-refractivity contribution is 6.32. The van der Waals surface area contributed by atoms with E-state index in [1.807, 2.05) is 0 Å². The van der Waals surface area contributed by atoms with Gasteiger partial charge < -0.3 is 20.1 Å². The highest BCUT2D eigenvalue weighted by Gasteiger charge is 2.10. The summed E-state index contributed by atoms with van der Waals surface area (Å²) in [6.07, 6.45) is 0.235. The summed E-state index contributed by atoms with van der Waals surface area (Å²) in [5.41, 5.74) is 1.83. The first-order chi connectivity index (χ1) is 12.4. The molecule has 0 radical (unpaired) electrons. The maximum absolute atomic E-state index is 12.1. The number of nitrogens with one attached hydrogen (secondary N) is 2. The van der Waals surface area contributed by atoms with Crippen LogP contribution in [0, 0.1) is 0 Å². The maximum atomic E-state index is 12.1. The fraction of sp³-hybridized carbons (Fsp3) is 0.263. The van der Waals surface area contributed by atoms with Crippen LogP contribution in [0.5, 0.6) is 11.5 Å². The molecule has 6 nitrogen and oxygen atoms in total. The van der Waals surface area contributed by atoms with Gasteiger partial charge >= 0.3 is 0 Å². The van der Waals surface area contributed by atoms with E-state index in [0.29, 0.717) is 40.0 Å². The van der Waals surface area contributed by atoms with Crippen LogP contribution in [0.3, 0.4) is 0 Å². The number of anilines is 2. The SMILES string of the molecule is COc1cc(NCCC(=O)Nc2cccc(C(C)=O)c2)c(OC)cc1Cl. The zero-order valence-corrected chi connectivity index (χ0v) is 15.6. The summed E-state index contributed by atoms with van der Waals surface area (Å²) in [6.45, 7) is 1.87. The van der Waals surface area contributed by atoms with Crippen molar-refractivity contribution in [2.75, 3.05) is 31.4 Å². The van der Waals surface area contributed by atoms with Gasteiger partial charge in [-0.3, -0.25) is 9.59 Å². The Kier molecular flexibility index (Phi) is 6.86. The van der Waals surface area contributed by atoms with E-state index in [0.717, 1.165) is 0 Å². The number of ketones is 1. The van der Waals surface area contributed by atoms with Crippen LogP contribution in [-0.2, 0) is 4.79 Å². The molecule has 2 rings (SSSR count). The summed E-state index contributed by atoms with van der Waals surface area (Å²) >= 11 is 6.07. The van der Waals surface area contributed by atoms with Crippen LogP contribution in [0.4, 0.5) is 11.4 Å². The van der Waals surface area contributed by atoms with Gasteiger partial charge in [-0.25, -0.2) is 0 Å².